The van der Waals surface area contributed by atoms with E-state index in [9.17, 15) is 0 Å². The molecule has 0 radical (unpaired) electrons. The number of hydrogen-bond donors (Lipinski definition) is 1. The molecule has 3 heteroatoms. The first kappa shape index (κ1) is 13.3. The van der Waals surface area contributed by atoms with Crippen LogP contribution in [0.3, 0.4) is 0 Å². The van der Waals surface area contributed by atoms with Gasteiger partial charge in [-0.05, 0) is 50.3 Å². The van der Waals surface area contributed by atoms with Gasteiger partial charge in [-0.1, -0.05) is 24.7 Å². The molecule has 0 spiro atoms. The molecule has 1 aromatic rings. The van der Waals surface area contributed by atoms with E-state index in [0.717, 1.165) is 24.6 Å². The summed E-state index contributed by atoms with van der Waals surface area (Å²) >= 11 is 5.17. The number of thiocarbonyl (C=S) groups is 1. The number of hydrogen-bond acceptors (Lipinski definition) is 2. The number of anilines is 1. The van der Waals surface area contributed by atoms with Crippen molar-refractivity contribution in [1.29, 1.82) is 0 Å². The Labute approximate surface area is 115 Å². The Kier molecular flexibility index (Phi) is 4.23. The van der Waals surface area contributed by atoms with E-state index in [-0.39, 0.29) is 0 Å². The molecule has 1 saturated carbocycles. The maximum absolute atomic E-state index is 5.84. The largest absolute Gasteiger partial charge is 0.389 e. The summed E-state index contributed by atoms with van der Waals surface area (Å²) in [7, 11) is 0. The summed E-state index contributed by atoms with van der Waals surface area (Å²) in [6, 6.07) is 6.34. The van der Waals surface area contributed by atoms with Crippen molar-refractivity contribution < 1.29 is 0 Å². The fraction of sp³-hybridized carbons (Fsp3) is 0.533. The number of rotatable bonds is 5. The lowest BCUT2D eigenvalue weighted by atomic mass is 9.85. The highest BCUT2D eigenvalue weighted by Gasteiger charge is 2.21. The van der Waals surface area contributed by atoms with Gasteiger partial charge in [0.2, 0.25) is 0 Å². The molecule has 0 bridgehead atoms. The fourth-order valence-electron chi connectivity index (χ4n) is 2.50. The van der Waals surface area contributed by atoms with Crippen molar-refractivity contribution in [1.82, 2.24) is 0 Å². The predicted octanol–water partition coefficient (Wildman–Crippen LogP) is 3.26. The topological polar surface area (TPSA) is 29.3 Å². The van der Waals surface area contributed by atoms with Gasteiger partial charge in [0, 0.05) is 24.3 Å². The van der Waals surface area contributed by atoms with Crippen LogP contribution in [-0.2, 0) is 0 Å². The molecule has 2 nitrogen and oxygen atoms in total. The first-order valence-corrected chi connectivity index (χ1v) is 7.18. The molecule has 1 aliphatic carbocycles. The number of benzene rings is 1. The van der Waals surface area contributed by atoms with E-state index in [2.05, 4.69) is 36.9 Å². The van der Waals surface area contributed by atoms with Gasteiger partial charge < -0.3 is 10.6 Å². The van der Waals surface area contributed by atoms with Crippen LogP contribution in [0, 0.1) is 12.8 Å². The summed E-state index contributed by atoms with van der Waals surface area (Å²) in [5.74, 6) is 0.852. The van der Waals surface area contributed by atoms with Gasteiger partial charge in [-0.3, -0.25) is 0 Å². The van der Waals surface area contributed by atoms with Crippen LogP contribution in [0.25, 0.3) is 0 Å². The van der Waals surface area contributed by atoms with Crippen LogP contribution in [0.5, 0.6) is 0 Å². The highest BCUT2D eigenvalue weighted by molar-refractivity contribution is 7.80. The molecule has 0 heterocycles. The van der Waals surface area contributed by atoms with E-state index >= 15 is 0 Å². The molecule has 18 heavy (non-hydrogen) atoms. The normalized spacial score (nSPS) is 15.2. The van der Waals surface area contributed by atoms with E-state index in [4.69, 9.17) is 18.0 Å². The molecule has 2 rings (SSSR count). The second-order valence-electron chi connectivity index (χ2n) is 5.22. The highest BCUT2D eigenvalue weighted by Crippen LogP contribution is 2.30. The zero-order chi connectivity index (χ0) is 13.1. The molecule has 1 aromatic carbocycles. The second kappa shape index (κ2) is 5.70. The number of aryl methyl sites for hydroxylation is 1. The van der Waals surface area contributed by atoms with Crippen LogP contribution in [0.1, 0.15) is 37.3 Å². The molecule has 0 atom stereocenters. The molecule has 0 saturated heterocycles. The van der Waals surface area contributed by atoms with Gasteiger partial charge in [-0.15, -0.1) is 0 Å². The van der Waals surface area contributed by atoms with Gasteiger partial charge >= 0.3 is 0 Å². The Balaban J connectivity index is 2.26. The van der Waals surface area contributed by atoms with Gasteiger partial charge in [0.05, 0.1) is 0 Å². The monoisotopic (exact) mass is 262 g/mol. The van der Waals surface area contributed by atoms with E-state index in [1.807, 2.05) is 0 Å². The third kappa shape index (κ3) is 2.83. The standard InChI is InChI=1S/C15H22N2S/c1-3-17(10-12-5-4-6-12)14-9-11(2)7-8-13(14)15(16)18/h7-9,12H,3-6,10H2,1-2H3,(H2,16,18). The van der Waals surface area contributed by atoms with Crippen LogP contribution in [0.15, 0.2) is 18.2 Å². The van der Waals surface area contributed by atoms with E-state index in [1.165, 1.54) is 30.5 Å². The van der Waals surface area contributed by atoms with Crippen molar-refractivity contribution in [3.8, 4) is 0 Å². The van der Waals surface area contributed by atoms with Gasteiger partial charge in [-0.2, -0.15) is 0 Å². The van der Waals surface area contributed by atoms with Crippen molar-refractivity contribution in [2.75, 3.05) is 18.0 Å². The molecule has 0 unspecified atom stereocenters. The Bertz CT molecular complexity index is 438. The predicted molar refractivity (Wildman–Crippen MR) is 82.3 cm³/mol. The first-order valence-electron chi connectivity index (χ1n) is 6.77. The van der Waals surface area contributed by atoms with Crippen molar-refractivity contribution in [2.45, 2.75) is 33.1 Å². The average Bonchev–Trinajstić information content (AvgIpc) is 2.27. The summed E-state index contributed by atoms with van der Waals surface area (Å²) in [5.41, 5.74) is 9.32. The minimum Gasteiger partial charge on any atom is -0.389 e. The smallest absolute Gasteiger partial charge is 0.106 e. The lowest BCUT2D eigenvalue weighted by molar-refractivity contribution is 0.318. The van der Waals surface area contributed by atoms with Gasteiger partial charge in [0.25, 0.3) is 0 Å². The zero-order valence-corrected chi connectivity index (χ0v) is 12.1. The first-order chi connectivity index (χ1) is 8.61. The Morgan fingerprint density at radius 3 is 2.67 bits per heavy atom. The lowest BCUT2D eigenvalue weighted by Gasteiger charge is -2.34. The van der Waals surface area contributed by atoms with Gasteiger partial charge in [-0.25, -0.2) is 0 Å². The fourth-order valence-corrected chi connectivity index (χ4v) is 2.67. The van der Waals surface area contributed by atoms with Crippen LogP contribution < -0.4 is 10.6 Å². The Morgan fingerprint density at radius 1 is 1.44 bits per heavy atom. The zero-order valence-electron chi connectivity index (χ0n) is 11.3. The van der Waals surface area contributed by atoms with Crippen LogP contribution in [-0.4, -0.2) is 18.1 Å². The highest BCUT2D eigenvalue weighted by atomic mass is 32.1. The lowest BCUT2D eigenvalue weighted by Crippen LogP contribution is -2.33. The van der Waals surface area contributed by atoms with Crippen molar-refractivity contribution in [2.24, 2.45) is 11.7 Å². The Morgan fingerprint density at radius 2 is 2.17 bits per heavy atom. The molecule has 1 fully saturated rings. The van der Waals surface area contributed by atoms with Crippen molar-refractivity contribution in [3.63, 3.8) is 0 Å². The molecule has 0 amide bonds. The summed E-state index contributed by atoms with van der Waals surface area (Å²) in [5, 5.41) is 0. The van der Waals surface area contributed by atoms with Crippen molar-refractivity contribution >= 4 is 22.9 Å². The molecule has 0 aliphatic heterocycles. The minimum absolute atomic E-state index is 0.497. The van der Waals surface area contributed by atoms with Crippen LogP contribution in [0.4, 0.5) is 5.69 Å². The summed E-state index contributed by atoms with van der Waals surface area (Å²) < 4.78 is 0. The maximum Gasteiger partial charge on any atom is 0.106 e. The summed E-state index contributed by atoms with van der Waals surface area (Å²) in [6.45, 7) is 6.46. The van der Waals surface area contributed by atoms with Crippen LogP contribution in [0.2, 0.25) is 0 Å². The summed E-state index contributed by atoms with van der Waals surface area (Å²) in [6.07, 6.45) is 4.12. The maximum atomic E-state index is 5.84. The third-order valence-corrected chi connectivity index (χ3v) is 4.06. The SMILES string of the molecule is CCN(CC1CCC1)c1cc(C)ccc1C(N)=S. The minimum atomic E-state index is 0.497. The van der Waals surface area contributed by atoms with E-state index < -0.39 is 0 Å². The Hall–Kier alpha value is -1.09. The quantitative estimate of drug-likeness (QED) is 0.826. The molecule has 1 aliphatic rings. The van der Waals surface area contributed by atoms with E-state index in [1.54, 1.807) is 0 Å². The van der Waals surface area contributed by atoms with Gasteiger partial charge in [0.15, 0.2) is 0 Å². The molecule has 2 N–H and O–H groups in total. The van der Waals surface area contributed by atoms with Crippen LogP contribution >= 0.6 is 12.2 Å². The van der Waals surface area contributed by atoms with Gasteiger partial charge in [0.1, 0.15) is 4.99 Å². The summed E-state index contributed by atoms with van der Waals surface area (Å²) in [4.78, 5) is 2.92. The molecule has 0 aromatic heterocycles. The third-order valence-electron chi connectivity index (χ3n) is 3.84. The molecular formula is C15H22N2S. The number of nitrogens with two attached hydrogens (primary N) is 1. The van der Waals surface area contributed by atoms with E-state index in [0.29, 0.717) is 4.99 Å². The average molecular weight is 262 g/mol. The van der Waals surface area contributed by atoms with Crippen molar-refractivity contribution in [3.05, 3.63) is 29.3 Å². The second-order valence-corrected chi connectivity index (χ2v) is 5.66. The molecule has 98 valence electrons. The molecular weight excluding hydrogens is 240 g/mol. The number of nitrogens with zero attached hydrogens (tertiary/aromatic N) is 1.